The normalized spacial score (nSPS) is 15.6. The predicted molar refractivity (Wildman–Crippen MR) is 110 cm³/mol. The van der Waals surface area contributed by atoms with E-state index >= 15 is 0 Å². The summed E-state index contributed by atoms with van der Waals surface area (Å²) in [7, 11) is 0. The molecule has 0 saturated carbocycles. The summed E-state index contributed by atoms with van der Waals surface area (Å²) in [5, 5.41) is 13.5. The molecule has 2 aromatic carbocycles. The SMILES string of the molecule is CC1CCc2cc(F)cc3c(O)c(C(=O)NCc4nc5ccccc5[nH]4)c(=O)n1c23. The Kier molecular flexibility index (Phi) is 4.09. The summed E-state index contributed by atoms with van der Waals surface area (Å²) >= 11 is 0. The van der Waals surface area contributed by atoms with Gasteiger partial charge in [-0.25, -0.2) is 9.37 Å². The highest BCUT2D eigenvalue weighted by molar-refractivity contribution is 6.03. The Labute approximate surface area is 170 Å². The molecule has 0 spiro atoms. The van der Waals surface area contributed by atoms with E-state index < -0.39 is 23.0 Å². The van der Waals surface area contributed by atoms with Gasteiger partial charge in [-0.15, -0.1) is 0 Å². The lowest BCUT2D eigenvalue weighted by molar-refractivity contribution is 0.0945. The first kappa shape index (κ1) is 18.4. The molecular formula is C22H19FN4O3. The number of aromatic nitrogens is 3. The summed E-state index contributed by atoms with van der Waals surface area (Å²) in [4.78, 5) is 33.5. The van der Waals surface area contributed by atoms with Crippen molar-refractivity contribution in [2.75, 3.05) is 0 Å². The van der Waals surface area contributed by atoms with Gasteiger partial charge in [0.2, 0.25) is 0 Å². The monoisotopic (exact) mass is 406 g/mol. The van der Waals surface area contributed by atoms with E-state index in [1.807, 2.05) is 31.2 Å². The first-order valence-corrected chi connectivity index (χ1v) is 9.75. The van der Waals surface area contributed by atoms with Crippen LogP contribution >= 0.6 is 0 Å². The molecule has 30 heavy (non-hydrogen) atoms. The number of fused-ring (bicyclic) bond motifs is 1. The Bertz CT molecular complexity index is 1360. The molecule has 0 bridgehead atoms. The highest BCUT2D eigenvalue weighted by Gasteiger charge is 2.28. The van der Waals surface area contributed by atoms with Crippen LogP contribution in [0.2, 0.25) is 0 Å². The van der Waals surface area contributed by atoms with Crippen molar-refractivity contribution in [3.05, 3.63) is 69.5 Å². The van der Waals surface area contributed by atoms with Crippen LogP contribution in [-0.4, -0.2) is 25.5 Å². The second kappa shape index (κ2) is 6.69. The van der Waals surface area contributed by atoms with E-state index in [4.69, 9.17) is 0 Å². The standard InChI is InChI=1S/C22H19FN4O3/c1-11-6-7-12-8-13(23)9-14-19(12)27(11)22(30)18(20(14)28)21(29)24-10-17-25-15-4-2-3-5-16(15)26-17/h2-5,8-9,11,28H,6-7,10H2,1H3,(H,24,29)(H,25,26). The van der Waals surface area contributed by atoms with Gasteiger partial charge < -0.3 is 20.0 Å². The van der Waals surface area contributed by atoms with Gasteiger partial charge in [-0.3, -0.25) is 9.59 Å². The third-order valence-electron chi connectivity index (χ3n) is 5.67. The molecule has 8 heteroatoms. The number of imidazole rings is 1. The predicted octanol–water partition coefficient (Wildman–Crippen LogP) is 3.16. The summed E-state index contributed by atoms with van der Waals surface area (Å²) < 4.78 is 15.6. The van der Waals surface area contributed by atoms with Crippen LogP contribution in [0.4, 0.5) is 4.39 Å². The summed E-state index contributed by atoms with van der Waals surface area (Å²) in [5.74, 6) is -1.22. The van der Waals surface area contributed by atoms with E-state index in [-0.39, 0.29) is 23.5 Å². The Balaban J connectivity index is 1.56. The van der Waals surface area contributed by atoms with E-state index in [1.165, 1.54) is 10.6 Å². The highest BCUT2D eigenvalue weighted by Crippen LogP contribution is 2.35. The largest absolute Gasteiger partial charge is 0.506 e. The van der Waals surface area contributed by atoms with Crippen molar-refractivity contribution in [2.45, 2.75) is 32.4 Å². The molecule has 0 radical (unpaired) electrons. The zero-order valence-corrected chi connectivity index (χ0v) is 16.2. The van der Waals surface area contributed by atoms with Crippen LogP contribution in [0.15, 0.2) is 41.2 Å². The zero-order chi connectivity index (χ0) is 21.0. The molecule has 1 aliphatic heterocycles. The number of hydrogen-bond donors (Lipinski definition) is 3. The Morgan fingerprint density at radius 3 is 2.97 bits per heavy atom. The molecule has 1 atom stereocenters. The fourth-order valence-electron chi connectivity index (χ4n) is 4.23. The molecule has 0 fully saturated rings. The van der Waals surface area contributed by atoms with Gasteiger partial charge in [0, 0.05) is 11.4 Å². The molecule has 152 valence electrons. The number of aromatic hydroxyl groups is 1. The van der Waals surface area contributed by atoms with E-state index in [1.54, 1.807) is 0 Å². The van der Waals surface area contributed by atoms with E-state index in [0.29, 0.717) is 29.7 Å². The number of aromatic amines is 1. The molecule has 0 saturated heterocycles. The maximum absolute atomic E-state index is 14.1. The van der Waals surface area contributed by atoms with Crippen LogP contribution in [0.1, 0.15) is 41.1 Å². The van der Waals surface area contributed by atoms with Crippen molar-refractivity contribution >= 4 is 27.8 Å². The number of rotatable bonds is 3. The third kappa shape index (κ3) is 2.75. The minimum Gasteiger partial charge on any atom is -0.506 e. The number of carbonyl (C=O) groups excluding carboxylic acids is 1. The number of halogens is 1. The lowest BCUT2D eigenvalue weighted by Gasteiger charge is -2.26. The Hall–Kier alpha value is -3.68. The van der Waals surface area contributed by atoms with Crippen molar-refractivity contribution in [3.63, 3.8) is 0 Å². The quantitative estimate of drug-likeness (QED) is 0.487. The topological polar surface area (TPSA) is 100 Å². The third-order valence-corrected chi connectivity index (χ3v) is 5.67. The zero-order valence-electron chi connectivity index (χ0n) is 16.2. The number of carbonyl (C=O) groups is 1. The van der Waals surface area contributed by atoms with Crippen molar-refractivity contribution in [3.8, 4) is 5.75 Å². The summed E-state index contributed by atoms with van der Waals surface area (Å²) in [6.07, 6.45) is 1.25. The van der Waals surface area contributed by atoms with Gasteiger partial charge in [-0.05, 0) is 49.6 Å². The molecule has 3 heterocycles. The number of nitrogens with one attached hydrogen (secondary N) is 2. The van der Waals surface area contributed by atoms with E-state index in [0.717, 1.165) is 17.1 Å². The van der Waals surface area contributed by atoms with Gasteiger partial charge in [0.05, 0.1) is 23.1 Å². The molecule has 3 N–H and O–H groups in total. The van der Waals surface area contributed by atoms with Gasteiger partial charge in [-0.2, -0.15) is 0 Å². The second-order valence-electron chi connectivity index (χ2n) is 7.63. The lowest BCUT2D eigenvalue weighted by Crippen LogP contribution is -2.36. The first-order valence-electron chi connectivity index (χ1n) is 9.75. The number of hydrogen-bond acceptors (Lipinski definition) is 4. The van der Waals surface area contributed by atoms with Gasteiger partial charge in [0.25, 0.3) is 11.5 Å². The first-order chi connectivity index (χ1) is 14.4. The molecule has 4 aromatic rings. The molecular weight excluding hydrogens is 387 g/mol. The number of benzene rings is 2. The maximum atomic E-state index is 14.1. The molecule has 0 aliphatic carbocycles. The lowest BCUT2D eigenvalue weighted by atomic mass is 9.95. The van der Waals surface area contributed by atoms with Crippen LogP contribution in [0.3, 0.4) is 0 Å². The molecule has 2 aromatic heterocycles. The van der Waals surface area contributed by atoms with Gasteiger partial charge in [-0.1, -0.05) is 12.1 Å². The summed E-state index contributed by atoms with van der Waals surface area (Å²) in [6.45, 7) is 1.93. The molecule has 1 amide bonds. The van der Waals surface area contributed by atoms with Gasteiger partial charge >= 0.3 is 0 Å². The van der Waals surface area contributed by atoms with E-state index in [9.17, 15) is 19.1 Å². The number of pyridine rings is 1. The number of para-hydroxylation sites is 2. The number of H-pyrrole nitrogens is 1. The summed E-state index contributed by atoms with van der Waals surface area (Å²) in [5.41, 5.74) is 1.77. The number of aryl methyl sites for hydroxylation is 1. The fourth-order valence-corrected chi connectivity index (χ4v) is 4.23. The Morgan fingerprint density at radius 1 is 1.37 bits per heavy atom. The van der Waals surface area contributed by atoms with Crippen molar-refractivity contribution in [1.82, 2.24) is 19.9 Å². The number of amides is 1. The van der Waals surface area contributed by atoms with Crippen LogP contribution in [0.25, 0.3) is 21.9 Å². The molecule has 1 aliphatic rings. The maximum Gasteiger partial charge on any atom is 0.267 e. The highest BCUT2D eigenvalue weighted by atomic mass is 19.1. The molecule has 5 rings (SSSR count). The minimum absolute atomic E-state index is 0.0500. The van der Waals surface area contributed by atoms with Crippen molar-refractivity contribution in [1.29, 1.82) is 0 Å². The minimum atomic E-state index is -0.729. The van der Waals surface area contributed by atoms with Crippen molar-refractivity contribution < 1.29 is 14.3 Å². The Morgan fingerprint density at radius 2 is 2.17 bits per heavy atom. The van der Waals surface area contributed by atoms with Crippen LogP contribution in [-0.2, 0) is 13.0 Å². The van der Waals surface area contributed by atoms with Crippen LogP contribution in [0.5, 0.6) is 5.75 Å². The average molecular weight is 406 g/mol. The fraction of sp³-hybridized carbons (Fsp3) is 0.227. The molecule has 7 nitrogen and oxygen atoms in total. The van der Waals surface area contributed by atoms with Crippen molar-refractivity contribution in [2.24, 2.45) is 0 Å². The van der Waals surface area contributed by atoms with Crippen LogP contribution < -0.4 is 10.9 Å². The van der Waals surface area contributed by atoms with Crippen LogP contribution in [0, 0.1) is 5.82 Å². The van der Waals surface area contributed by atoms with Gasteiger partial charge in [0.15, 0.2) is 0 Å². The molecule has 1 unspecified atom stereocenters. The summed E-state index contributed by atoms with van der Waals surface area (Å²) in [6, 6.07) is 9.82. The smallest absolute Gasteiger partial charge is 0.267 e. The number of nitrogens with zero attached hydrogens (tertiary/aromatic N) is 2. The average Bonchev–Trinajstić information content (AvgIpc) is 3.14. The second-order valence-corrected chi connectivity index (χ2v) is 7.63. The van der Waals surface area contributed by atoms with Gasteiger partial charge in [0.1, 0.15) is 23.0 Å². The van der Waals surface area contributed by atoms with E-state index in [2.05, 4.69) is 15.3 Å².